The van der Waals surface area contributed by atoms with Crippen LogP contribution in [-0.4, -0.2) is 25.5 Å². The summed E-state index contributed by atoms with van der Waals surface area (Å²) < 4.78 is 41.2. The number of alkyl halides is 3. The Labute approximate surface area is 186 Å². The minimum atomic E-state index is -4.52. The van der Waals surface area contributed by atoms with Gasteiger partial charge in [0.15, 0.2) is 5.69 Å². The van der Waals surface area contributed by atoms with Crippen molar-refractivity contribution in [2.24, 2.45) is 0 Å². The summed E-state index contributed by atoms with van der Waals surface area (Å²) in [4.78, 5) is 12.4. The van der Waals surface area contributed by atoms with Gasteiger partial charge in [-0.05, 0) is 44.5 Å². The molecule has 0 unspecified atom stereocenters. The molecule has 0 aliphatic carbocycles. The molecular weight excluding hydrogens is 454 g/mol. The van der Waals surface area contributed by atoms with Crippen molar-refractivity contribution >= 4 is 34.8 Å². The fourth-order valence-electron chi connectivity index (χ4n) is 3.13. The molecule has 0 bridgehead atoms. The Bertz CT molecular complexity index is 1120. The molecule has 3 aromatic rings. The first-order valence-corrected chi connectivity index (χ1v) is 10.1. The third kappa shape index (κ3) is 5.40. The van der Waals surface area contributed by atoms with Crippen LogP contribution < -0.4 is 5.32 Å². The zero-order chi connectivity index (χ0) is 22.9. The predicted molar refractivity (Wildman–Crippen MR) is 112 cm³/mol. The SMILES string of the molecule is Cc1nn(Cc2ccc(Cl)cc2Cl)c(C)c1NC(=O)CCn1nc(C(F)(F)F)cc1C. The van der Waals surface area contributed by atoms with Crippen molar-refractivity contribution < 1.29 is 18.0 Å². The molecule has 0 aliphatic rings. The van der Waals surface area contributed by atoms with Crippen LogP contribution in [0.2, 0.25) is 10.0 Å². The molecule has 0 spiro atoms. The molecule has 6 nitrogen and oxygen atoms in total. The maximum Gasteiger partial charge on any atom is 0.435 e. The van der Waals surface area contributed by atoms with E-state index < -0.39 is 11.9 Å². The summed E-state index contributed by atoms with van der Waals surface area (Å²) in [6, 6.07) is 6.14. The molecule has 1 N–H and O–H groups in total. The fourth-order valence-corrected chi connectivity index (χ4v) is 3.60. The second-order valence-corrected chi connectivity index (χ2v) is 7.97. The summed E-state index contributed by atoms with van der Waals surface area (Å²) in [5.41, 5.74) is 2.09. The molecule has 0 aliphatic heterocycles. The van der Waals surface area contributed by atoms with E-state index in [0.717, 1.165) is 17.3 Å². The fraction of sp³-hybridized carbons (Fsp3) is 0.350. The number of halogens is 5. The third-order valence-corrected chi connectivity index (χ3v) is 5.39. The molecule has 2 heterocycles. The van der Waals surface area contributed by atoms with Gasteiger partial charge >= 0.3 is 6.18 Å². The zero-order valence-electron chi connectivity index (χ0n) is 17.0. The Morgan fingerprint density at radius 2 is 1.81 bits per heavy atom. The number of aryl methyl sites for hydroxylation is 3. The van der Waals surface area contributed by atoms with Gasteiger partial charge in [-0.25, -0.2) is 0 Å². The van der Waals surface area contributed by atoms with Gasteiger partial charge in [-0.15, -0.1) is 0 Å². The van der Waals surface area contributed by atoms with Gasteiger partial charge < -0.3 is 5.32 Å². The van der Waals surface area contributed by atoms with Crippen LogP contribution in [0.4, 0.5) is 18.9 Å². The Morgan fingerprint density at radius 1 is 1.10 bits per heavy atom. The van der Waals surface area contributed by atoms with E-state index in [0.29, 0.717) is 33.7 Å². The topological polar surface area (TPSA) is 64.7 Å². The summed E-state index contributed by atoms with van der Waals surface area (Å²) in [6.07, 6.45) is -4.55. The zero-order valence-corrected chi connectivity index (χ0v) is 18.5. The quantitative estimate of drug-likeness (QED) is 0.520. The van der Waals surface area contributed by atoms with Crippen LogP contribution in [-0.2, 0) is 24.1 Å². The summed E-state index contributed by atoms with van der Waals surface area (Å²) in [6.45, 7) is 5.51. The van der Waals surface area contributed by atoms with E-state index >= 15 is 0 Å². The molecule has 1 amide bonds. The van der Waals surface area contributed by atoms with Crippen LogP contribution in [0.1, 0.15) is 34.8 Å². The van der Waals surface area contributed by atoms with E-state index in [1.54, 1.807) is 29.8 Å². The van der Waals surface area contributed by atoms with Gasteiger partial charge in [0, 0.05) is 28.7 Å². The highest BCUT2D eigenvalue weighted by Crippen LogP contribution is 2.28. The van der Waals surface area contributed by atoms with Crippen LogP contribution in [0.3, 0.4) is 0 Å². The Morgan fingerprint density at radius 3 is 2.42 bits per heavy atom. The number of carbonyl (C=O) groups excluding carboxylic acids is 1. The van der Waals surface area contributed by atoms with Crippen LogP contribution >= 0.6 is 23.2 Å². The van der Waals surface area contributed by atoms with Crippen molar-refractivity contribution in [2.45, 2.75) is 46.5 Å². The van der Waals surface area contributed by atoms with E-state index in [-0.39, 0.29) is 18.9 Å². The van der Waals surface area contributed by atoms with Crippen LogP contribution in [0.25, 0.3) is 0 Å². The summed E-state index contributed by atoms with van der Waals surface area (Å²) >= 11 is 12.2. The number of hydrogen-bond donors (Lipinski definition) is 1. The molecule has 0 atom stereocenters. The normalized spacial score (nSPS) is 11.7. The van der Waals surface area contributed by atoms with Crippen molar-refractivity contribution in [3.63, 3.8) is 0 Å². The first-order valence-electron chi connectivity index (χ1n) is 9.35. The minimum absolute atomic E-state index is 0.0281. The first kappa shape index (κ1) is 23.1. The predicted octanol–water partition coefficient (Wildman–Crippen LogP) is 5.41. The van der Waals surface area contributed by atoms with Gasteiger partial charge in [-0.3, -0.25) is 14.2 Å². The summed E-state index contributed by atoms with van der Waals surface area (Å²) in [5.74, 6) is -0.348. The Hall–Kier alpha value is -2.52. The van der Waals surface area contributed by atoms with Gasteiger partial charge in [-0.1, -0.05) is 29.3 Å². The molecule has 0 fully saturated rings. The number of nitrogens with one attached hydrogen (secondary N) is 1. The smallest absolute Gasteiger partial charge is 0.323 e. The largest absolute Gasteiger partial charge is 0.435 e. The third-order valence-electron chi connectivity index (χ3n) is 4.80. The van der Waals surface area contributed by atoms with Crippen molar-refractivity contribution in [1.82, 2.24) is 19.6 Å². The van der Waals surface area contributed by atoms with E-state index in [9.17, 15) is 18.0 Å². The number of rotatable bonds is 6. The second kappa shape index (κ2) is 8.92. The highest BCUT2D eigenvalue weighted by Gasteiger charge is 2.34. The maximum absolute atomic E-state index is 12.8. The Balaban J connectivity index is 1.67. The van der Waals surface area contributed by atoms with Crippen LogP contribution in [0.15, 0.2) is 24.3 Å². The lowest BCUT2D eigenvalue weighted by Crippen LogP contribution is -2.17. The van der Waals surface area contributed by atoms with E-state index in [4.69, 9.17) is 23.2 Å². The lowest BCUT2D eigenvalue weighted by Gasteiger charge is -2.09. The molecule has 3 rings (SSSR count). The molecular formula is C20H20Cl2F3N5O. The average Bonchev–Trinajstić information content (AvgIpc) is 3.17. The molecule has 0 radical (unpaired) electrons. The van der Waals surface area contributed by atoms with Gasteiger partial charge in [0.25, 0.3) is 0 Å². The number of nitrogens with zero attached hydrogens (tertiary/aromatic N) is 4. The standard InChI is InChI=1S/C20H20Cl2F3N5O/c1-11-8-17(20(23,24)25)28-29(11)7-6-18(31)26-19-12(2)27-30(13(19)3)10-14-4-5-15(21)9-16(14)22/h4-5,8-9H,6-7,10H2,1-3H3,(H,26,31). The number of aromatic nitrogens is 4. The van der Waals surface area contributed by atoms with Gasteiger partial charge in [-0.2, -0.15) is 23.4 Å². The van der Waals surface area contributed by atoms with E-state index in [2.05, 4.69) is 15.5 Å². The Kier molecular flexibility index (Phi) is 6.66. The van der Waals surface area contributed by atoms with Gasteiger partial charge in [0.05, 0.1) is 23.6 Å². The van der Waals surface area contributed by atoms with Crippen LogP contribution in [0, 0.1) is 20.8 Å². The van der Waals surface area contributed by atoms with E-state index in [1.165, 1.54) is 11.6 Å². The maximum atomic E-state index is 12.8. The molecule has 0 saturated heterocycles. The molecule has 2 aromatic heterocycles. The second-order valence-electron chi connectivity index (χ2n) is 7.13. The highest BCUT2D eigenvalue weighted by atomic mass is 35.5. The average molecular weight is 474 g/mol. The summed E-state index contributed by atoms with van der Waals surface area (Å²) in [5, 5.41) is 11.8. The first-order chi connectivity index (χ1) is 14.5. The number of hydrogen-bond acceptors (Lipinski definition) is 3. The molecule has 31 heavy (non-hydrogen) atoms. The molecule has 166 valence electrons. The lowest BCUT2D eigenvalue weighted by molar-refractivity contribution is -0.141. The number of amides is 1. The number of benzene rings is 1. The summed E-state index contributed by atoms with van der Waals surface area (Å²) in [7, 11) is 0. The van der Waals surface area contributed by atoms with Gasteiger partial charge in [0.1, 0.15) is 0 Å². The van der Waals surface area contributed by atoms with Crippen molar-refractivity contribution in [3.8, 4) is 0 Å². The number of carbonyl (C=O) groups is 1. The van der Waals surface area contributed by atoms with Gasteiger partial charge in [0.2, 0.25) is 5.91 Å². The lowest BCUT2D eigenvalue weighted by atomic mass is 10.2. The van der Waals surface area contributed by atoms with Crippen LogP contribution in [0.5, 0.6) is 0 Å². The minimum Gasteiger partial charge on any atom is -0.323 e. The molecule has 0 saturated carbocycles. The van der Waals surface area contributed by atoms with E-state index in [1.807, 2.05) is 6.92 Å². The number of anilines is 1. The highest BCUT2D eigenvalue weighted by molar-refractivity contribution is 6.35. The van der Waals surface area contributed by atoms with Crippen molar-refractivity contribution in [2.75, 3.05) is 5.32 Å². The molecule has 11 heteroatoms. The molecule has 1 aromatic carbocycles. The van der Waals surface area contributed by atoms with Crippen molar-refractivity contribution in [3.05, 3.63) is 62.6 Å². The monoisotopic (exact) mass is 473 g/mol. The van der Waals surface area contributed by atoms with Crippen molar-refractivity contribution in [1.29, 1.82) is 0 Å².